The van der Waals surface area contributed by atoms with Gasteiger partial charge in [0.05, 0.1) is 32.0 Å². The van der Waals surface area contributed by atoms with Crippen LogP contribution in [0.15, 0.2) is 54.7 Å². The minimum atomic E-state index is -0.642. The summed E-state index contributed by atoms with van der Waals surface area (Å²) in [4.78, 5) is 32.8. The molecule has 0 saturated carbocycles. The van der Waals surface area contributed by atoms with E-state index in [9.17, 15) is 9.59 Å². The Morgan fingerprint density at radius 1 is 1.06 bits per heavy atom. The average molecular weight is 449 g/mol. The molecule has 8 heteroatoms. The first-order valence-corrected chi connectivity index (χ1v) is 11.4. The molecule has 1 aromatic heterocycles. The monoisotopic (exact) mass is 448 g/mol. The van der Waals surface area contributed by atoms with Crippen molar-refractivity contribution in [2.75, 3.05) is 50.8 Å². The van der Waals surface area contributed by atoms with Gasteiger partial charge in [-0.15, -0.1) is 0 Å². The van der Waals surface area contributed by atoms with E-state index >= 15 is 0 Å². The lowest BCUT2D eigenvalue weighted by molar-refractivity contribution is -0.142. The molecule has 1 unspecified atom stereocenters. The molecule has 3 aromatic rings. The van der Waals surface area contributed by atoms with Crippen molar-refractivity contribution in [2.24, 2.45) is 0 Å². The smallest absolute Gasteiger partial charge is 0.265 e. The molecule has 2 N–H and O–H groups in total. The molecule has 2 amide bonds. The second-order valence-electron chi connectivity index (χ2n) is 8.35. The van der Waals surface area contributed by atoms with Crippen LogP contribution in [0.3, 0.4) is 0 Å². The summed E-state index contributed by atoms with van der Waals surface area (Å²) in [5.74, 6) is 0.489. The fourth-order valence-electron chi connectivity index (χ4n) is 4.48. The van der Waals surface area contributed by atoms with Gasteiger partial charge in [0.25, 0.3) is 5.91 Å². The zero-order chi connectivity index (χ0) is 22.6. The number of rotatable bonds is 6. The number of nitrogens with one attached hydrogen (secondary N) is 2. The first kappa shape index (κ1) is 21.3. The fraction of sp³-hybridized carbons (Fsp3) is 0.360. The molecule has 3 heterocycles. The van der Waals surface area contributed by atoms with Gasteiger partial charge in [-0.05, 0) is 30.2 Å². The molecule has 0 spiro atoms. The van der Waals surface area contributed by atoms with Crippen LogP contribution in [0.2, 0.25) is 0 Å². The Bertz CT molecular complexity index is 1140. The molecule has 8 nitrogen and oxygen atoms in total. The summed E-state index contributed by atoms with van der Waals surface area (Å²) in [6, 6.07) is 15.7. The number of nitrogens with zero attached hydrogens (tertiary/aromatic N) is 2. The zero-order valence-corrected chi connectivity index (χ0v) is 18.5. The van der Waals surface area contributed by atoms with Crippen molar-refractivity contribution in [3.8, 4) is 5.75 Å². The number of morpholine rings is 1. The number of aromatic nitrogens is 1. The third-order valence-electron chi connectivity index (χ3n) is 6.19. The van der Waals surface area contributed by atoms with Gasteiger partial charge < -0.3 is 29.6 Å². The SMILES string of the molecule is O=C(CN1CC(C(=O)N2CCOCC2)Oc2ccccc21)NCCc1c[nH]c2ccccc12. The highest BCUT2D eigenvalue weighted by Gasteiger charge is 2.34. The molecule has 0 radical (unpaired) electrons. The van der Waals surface area contributed by atoms with Crippen LogP contribution in [0.1, 0.15) is 5.56 Å². The van der Waals surface area contributed by atoms with E-state index in [2.05, 4.69) is 16.4 Å². The van der Waals surface area contributed by atoms with Gasteiger partial charge >= 0.3 is 0 Å². The van der Waals surface area contributed by atoms with E-state index in [4.69, 9.17) is 9.47 Å². The maximum absolute atomic E-state index is 13.0. The summed E-state index contributed by atoms with van der Waals surface area (Å²) in [5, 5.41) is 4.20. The number of benzene rings is 2. The van der Waals surface area contributed by atoms with Crippen LogP contribution in [0, 0.1) is 0 Å². The van der Waals surface area contributed by atoms with Gasteiger partial charge in [-0.25, -0.2) is 0 Å². The summed E-state index contributed by atoms with van der Waals surface area (Å²) >= 11 is 0. The maximum atomic E-state index is 13.0. The van der Waals surface area contributed by atoms with Crippen molar-refractivity contribution in [1.29, 1.82) is 0 Å². The van der Waals surface area contributed by atoms with Crippen LogP contribution < -0.4 is 15.0 Å². The van der Waals surface area contributed by atoms with E-state index in [0.717, 1.165) is 17.6 Å². The van der Waals surface area contributed by atoms with Gasteiger partial charge in [0.15, 0.2) is 6.10 Å². The van der Waals surface area contributed by atoms with Crippen LogP contribution in [-0.2, 0) is 20.7 Å². The predicted octanol–water partition coefficient (Wildman–Crippen LogP) is 1.95. The van der Waals surface area contributed by atoms with Gasteiger partial charge in [-0.1, -0.05) is 30.3 Å². The number of carbonyl (C=O) groups is 2. The van der Waals surface area contributed by atoms with Crippen LogP contribution in [0.4, 0.5) is 5.69 Å². The summed E-state index contributed by atoms with van der Waals surface area (Å²) in [7, 11) is 0. The highest BCUT2D eigenvalue weighted by Crippen LogP contribution is 2.33. The number of H-pyrrole nitrogens is 1. The molecule has 5 rings (SSSR count). The minimum absolute atomic E-state index is 0.0578. The zero-order valence-electron chi connectivity index (χ0n) is 18.5. The summed E-state index contributed by atoms with van der Waals surface area (Å²) < 4.78 is 11.4. The number of fused-ring (bicyclic) bond motifs is 2. The third kappa shape index (κ3) is 4.66. The minimum Gasteiger partial charge on any atom is -0.477 e. The molecule has 2 aromatic carbocycles. The Hall–Kier alpha value is -3.52. The summed E-state index contributed by atoms with van der Waals surface area (Å²) in [5.41, 5.74) is 3.11. The number of aromatic amines is 1. The molecule has 0 aliphatic carbocycles. The summed E-state index contributed by atoms with van der Waals surface area (Å²) in [6.07, 6.45) is 2.10. The third-order valence-corrected chi connectivity index (χ3v) is 6.19. The van der Waals surface area contributed by atoms with E-state index in [-0.39, 0.29) is 18.4 Å². The number of ether oxygens (including phenoxy) is 2. The van der Waals surface area contributed by atoms with E-state index in [1.54, 1.807) is 4.90 Å². The predicted molar refractivity (Wildman–Crippen MR) is 125 cm³/mol. The number of amides is 2. The van der Waals surface area contributed by atoms with E-state index in [1.165, 1.54) is 10.9 Å². The molecular formula is C25H28N4O4. The molecule has 1 saturated heterocycles. The van der Waals surface area contributed by atoms with Gasteiger partial charge in [-0.2, -0.15) is 0 Å². The van der Waals surface area contributed by atoms with E-state index in [1.807, 2.05) is 53.6 Å². The van der Waals surface area contributed by atoms with E-state index < -0.39 is 6.10 Å². The molecular weight excluding hydrogens is 420 g/mol. The molecule has 1 fully saturated rings. The van der Waals surface area contributed by atoms with Gasteiger partial charge in [-0.3, -0.25) is 9.59 Å². The van der Waals surface area contributed by atoms with Crippen LogP contribution in [0.5, 0.6) is 5.75 Å². The lowest BCUT2D eigenvalue weighted by Crippen LogP contribution is -2.54. The largest absolute Gasteiger partial charge is 0.477 e. The van der Waals surface area contributed by atoms with Crippen LogP contribution in [-0.4, -0.2) is 73.7 Å². The quantitative estimate of drug-likeness (QED) is 0.602. The Balaban J connectivity index is 1.21. The number of para-hydroxylation sites is 3. The van der Waals surface area contributed by atoms with Crippen molar-refractivity contribution < 1.29 is 19.1 Å². The van der Waals surface area contributed by atoms with E-state index in [0.29, 0.717) is 45.1 Å². The Kier molecular flexibility index (Phi) is 6.17. The van der Waals surface area contributed by atoms with Crippen LogP contribution >= 0.6 is 0 Å². The molecule has 0 bridgehead atoms. The highest BCUT2D eigenvalue weighted by molar-refractivity contribution is 5.86. The van der Waals surface area contributed by atoms with Crippen molar-refractivity contribution >= 4 is 28.4 Å². The van der Waals surface area contributed by atoms with Gasteiger partial charge in [0.2, 0.25) is 5.91 Å². The molecule has 172 valence electrons. The Labute approximate surface area is 192 Å². The molecule has 33 heavy (non-hydrogen) atoms. The lowest BCUT2D eigenvalue weighted by atomic mass is 10.1. The van der Waals surface area contributed by atoms with Crippen molar-refractivity contribution in [2.45, 2.75) is 12.5 Å². The van der Waals surface area contributed by atoms with Crippen molar-refractivity contribution in [1.82, 2.24) is 15.2 Å². The average Bonchev–Trinajstić information content (AvgIpc) is 3.27. The van der Waals surface area contributed by atoms with Crippen molar-refractivity contribution in [3.63, 3.8) is 0 Å². The van der Waals surface area contributed by atoms with Gasteiger partial charge in [0, 0.05) is 36.7 Å². The second-order valence-corrected chi connectivity index (χ2v) is 8.35. The maximum Gasteiger partial charge on any atom is 0.265 e. The van der Waals surface area contributed by atoms with Crippen molar-refractivity contribution in [3.05, 3.63) is 60.3 Å². The number of hydrogen-bond acceptors (Lipinski definition) is 5. The molecule has 2 aliphatic rings. The summed E-state index contributed by atoms with van der Waals surface area (Å²) in [6.45, 7) is 3.26. The number of carbonyl (C=O) groups excluding carboxylic acids is 2. The van der Waals surface area contributed by atoms with Crippen LogP contribution in [0.25, 0.3) is 10.9 Å². The van der Waals surface area contributed by atoms with Gasteiger partial charge in [0.1, 0.15) is 5.75 Å². The second kappa shape index (κ2) is 9.54. The first-order chi connectivity index (χ1) is 16.2. The Morgan fingerprint density at radius 3 is 2.73 bits per heavy atom. The highest BCUT2D eigenvalue weighted by atomic mass is 16.5. The topological polar surface area (TPSA) is 86.9 Å². The fourth-order valence-corrected chi connectivity index (χ4v) is 4.48. The number of hydrogen-bond donors (Lipinski definition) is 2. The Morgan fingerprint density at radius 2 is 1.85 bits per heavy atom. The molecule has 1 atom stereocenters. The first-order valence-electron chi connectivity index (χ1n) is 11.4. The lowest BCUT2D eigenvalue weighted by Gasteiger charge is -2.38. The molecule has 2 aliphatic heterocycles. The standard InChI is InChI=1S/C25H28N4O4/c30-24(26-10-9-18-15-27-20-6-2-1-5-19(18)20)17-29-16-23(25(31)28-11-13-32-14-12-28)33-22-8-4-3-7-21(22)29/h1-8,15,23,27H,9-14,16-17H2,(H,26,30). The number of anilines is 1. The normalized spacial score (nSPS) is 18.0.